The Hall–Kier alpha value is -1.28. The predicted octanol–water partition coefficient (Wildman–Crippen LogP) is 0.793. The van der Waals surface area contributed by atoms with Gasteiger partial charge in [-0.15, -0.1) is 0 Å². The molecule has 126 valence electrons. The highest BCUT2D eigenvalue weighted by atomic mass is 32.2. The maximum atomic E-state index is 11.9. The minimum absolute atomic E-state index is 0.0298. The van der Waals surface area contributed by atoms with Crippen LogP contribution >= 0.6 is 11.8 Å². The van der Waals surface area contributed by atoms with Crippen LogP contribution in [0.3, 0.4) is 0 Å². The predicted molar refractivity (Wildman–Crippen MR) is 83.2 cm³/mol. The number of amides is 2. The standard InChI is InChI=1S/C14H24N2O5S/c1-21-16-13(19)10-5-3-9(4-6-10)8-15-14(20)11(22-2)7-12(17)18/h9-11H,3-8H2,1-2H3,(H,15,20)(H,16,19)(H,17,18). The molecule has 1 aliphatic rings. The summed E-state index contributed by atoms with van der Waals surface area (Å²) in [5, 5.41) is 11.0. The first-order valence-electron chi connectivity index (χ1n) is 7.33. The molecule has 1 unspecified atom stereocenters. The highest BCUT2D eigenvalue weighted by Gasteiger charge is 2.27. The summed E-state index contributed by atoms with van der Waals surface area (Å²) in [6.45, 7) is 0.536. The van der Waals surface area contributed by atoms with Crippen molar-refractivity contribution < 1.29 is 24.3 Å². The number of carboxylic acids is 1. The van der Waals surface area contributed by atoms with Gasteiger partial charge in [0.25, 0.3) is 0 Å². The highest BCUT2D eigenvalue weighted by molar-refractivity contribution is 7.99. The maximum absolute atomic E-state index is 11.9. The second-order valence-corrected chi connectivity index (χ2v) is 6.50. The van der Waals surface area contributed by atoms with E-state index in [-0.39, 0.29) is 24.2 Å². The SMILES string of the molecule is CONC(=O)C1CCC(CNC(=O)C(CC(=O)O)SC)CC1. The first-order valence-corrected chi connectivity index (χ1v) is 8.61. The lowest BCUT2D eigenvalue weighted by Crippen LogP contribution is -2.39. The summed E-state index contributed by atoms with van der Waals surface area (Å²) in [7, 11) is 1.42. The number of carbonyl (C=O) groups excluding carboxylic acids is 2. The van der Waals surface area contributed by atoms with E-state index in [2.05, 4.69) is 15.6 Å². The smallest absolute Gasteiger partial charge is 0.305 e. The van der Waals surface area contributed by atoms with Gasteiger partial charge in [-0.05, 0) is 37.9 Å². The van der Waals surface area contributed by atoms with E-state index in [9.17, 15) is 14.4 Å². The Morgan fingerprint density at radius 2 is 1.91 bits per heavy atom. The molecule has 1 saturated carbocycles. The Kier molecular flexibility index (Phi) is 8.26. The Bertz CT molecular complexity index is 397. The molecule has 0 spiro atoms. The zero-order chi connectivity index (χ0) is 16.5. The van der Waals surface area contributed by atoms with Gasteiger partial charge >= 0.3 is 5.97 Å². The summed E-state index contributed by atoms with van der Waals surface area (Å²) >= 11 is 1.24. The number of carbonyl (C=O) groups is 3. The molecule has 0 saturated heterocycles. The fourth-order valence-electron chi connectivity index (χ4n) is 2.61. The summed E-state index contributed by atoms with van der Waals surface area (Å²) in [5.74, 6) is -0.983. The molecule has 7 nitrogen and oxygen atoms in total. The highest BCUT2D eigenvalue weighted by Crippen LogP contribution is 2.28. The molecule has 2 amide bonds. The van der Waals surface area contributed by atoms with Crippen molar-refractivity contribution in [3.8, 4) is 0 Å². The van der Waals surface area contributed by atoms with E-state index >= 15 is 0 Å². The second kappa shape index (κ2) is 9.68. The number of rotatable bonds is 8. The Balaban J connectivity index is 2.30. The van der Waals surface area contributed by atoms with Gasteiger partial charge in [0, 0.05) is 12.5 Å². The molecule has 1 rings (SSSR count). The first kappa shape index (κ1) is 18.8. The quantitative estimate of drug-likeness (QED) is 0.568. The molecule has 0 aromatic rings. The van der Waals surface area contributed by atoms with Crippen LogP contribution in [0.25, 0.3) is 0 Å². The second-order valence-electron chi connectivity index (χ2n) is 5.46. The van der Waals surface area contributed by atoms with Gasteiger partial charge in [-0.1, -0.05) is 0 Å². The van der Waals surface area contributed by atoms with Crippen LogP contribution in [0.2, 0.25) is 0 Å². The van der Waals surface area contributed by atoms with Gasteiger partial charge in [-0.3, -0.25) is 19.2 Å². The normalized spacial score (nSPS) is 22.6. The Labute approximate surface area is 134 Å². The molecule has 1 atom stereocenters. The largest absolute Gasteiger partial charge is 0.481 e. The zero-order valence-electron chi connectivity index (χ0n) is 13.0. The summed E-state index contributed by atoms with van der Waals surface area (Å²) < 4.78 is 0. The van der Waals surface area contributed by atoms with Crippen molar-refractivity contribution in [2.45, 2.75) is 37.4 Å². The minimum atomic E-state index is -0.973. The molecule has 1 fully saturated rings. The molecular formula is C14H24N2O5S. The van der Waals surface area contributed by atoms with Crippen LogP contribution in [0.15, 0.2) is 0 Å². The van der Waals surface area contributed by atoms with Crippen LogP contribution in [-0.2, 0) is 19.2 Å². The molecule has 3 N–H and O–H groups in total. The van der Waals surface area contributed by atoms with Crippen molar-refractivity contribution in [3.05, 3.63) is 0 Å². The van der Waals surface area contributed by atoms with Gasteiger partial charge in [0.15, 0.2) is 0 Å². The monoisotopic (exact) mass is 332 g/mol. The molecule has 8 heteroatoms. The van der Waals surface area contributed by atoms with Crippen LogP contribution in [-0.4, -0.2) is 48.1 Å². The van der Waals surface area contributed by atoms with E-state index in [1.807, 2.05) is 0 Å². The van der Waals surface area contributed by atoms with Gasteiger partial charge in [0.05, 0.1) is 18.8 Å². The summed E-state index contributed by atoms with van der Waals surface area (Å²) in [6, 6.07) is 0. The minimum Gasteiger partial charge on any atom is -0.481 e. The number of hydroxylamine groups is 1. The van der Waals surface area contributed by atoms with Crippen molar-refractivity contribution >= 4 is 29.5 Å². The fraction of sp³-hybridized carbons (Fsp3) is 0.786. The van der Waals surface area contributed by atoms with Crippen LogP contribution in [0.5, 0.6) is 0 Å². The summed E-state index contributed by atoms with van der Waals surface area (Å²) in [5.41, 5.74) is 2.35. The number of nitrogens with one attached hydrogen (secondary N) is 2. The van der Waals surface area contributed by atoms with E-state index in [4.69, 9.17) is 5.11 Å². The lowest BCUT2D eigenvalue weighted by atomic mass is 9.81. The van der Waals surface area contributed by atoms with Crippen molar-refractivity contribution in [1.82, 2.24) is 10.8 Å². The van der Waals surface area contributed by atoms with Crippen LogP contribution in [0.1, 0.15) is 32.1 Å². The Morgan fingerprint density at radius 3 is 2.41 bits per heavy atom. The maximum Gasteiger partial charge on any atom is 0.305 e. The van der Waals surface area contributed by atoms with Gasteiger partial charge in [-0.2, -0.15) is 11.8 Å². The Morgan fingerprint density at radius 1 is 1.27 bits per heavy atom. The number of hydrogen-bond donors (Lipinski definition) is 3. The average molecular weight is 332 g/mol. The molecule has 0 aliphatic heterocycles. The molecule has 22 heavy (non-hydrogen) atoms. The third kappa shape index (κ3) is 6.23. The van der Waals surface area contributed by atoms with Crippen molar-refractivity contribution in [3.63, 3.8) is 0 Å². The number of hydrogen-bond acceptors (Lipinski definition) is 5. The van der Waals surface area contributed by atoms with Crippen molar-refractivity contribution in [1.29, 1.82) is 0 Å². The van der Waals surface area contributed by atoms with E-state index in [1.165, 1.54) is 18.9 Å². The summed E-state index contributed by atoms with van der Waals surface area (Å²) in [4.78, 5) is 38.9. The number of carboxylic acid groups (broad SMARTS) is 1. The average Bonchev–Trinajstić information content (AvgIpc) is 2.50. The van der Waals surface area contributed by atoms with Crippen molar-refractivity contribution in [2.24, 2.45) is 11.8 Å². The van der Waals surface area contributed by atoms with Crippen LogP contribution in [0.4, 0.5) is 0 Å². The third-order valence-corrected chi connectivity index (χ3v) is 4.87. The molecule has 1 aliphatic carbocycles. The number of aliphatic carboxylic acids is 1. The van der Waals surface area contributed by atoms with E-state index in [0.717, 1.165) is 25.7 Å². The molecule has 0 aromatic carbocycles. The topological polar surface area (TPSA) is 105 Å². The molecular weight excluding hydrogens is 308 g/mol. The van der Waals surface area contributed by atoms with Gasteiger partial charge in [0.1, 0.15) is 0 Å². The first-order chi connectivity index (χ1) is 10.5. The zero-order valence-corrected chi connectivity index (χ0v) is 13.8. The van der Waals surface area contributed by atoms with E-state index < -0.39 is 11.2 Å². The van der Waals surface area contributed by atoms with E-state index in [0.29, 0.717) is 12.5 Å². The lowest BCUT2D eigenvalue weighted by molar-refractivity contribution is -0.138. The number of thioether (sulfide) groups is 1. The molecule has 0 heterocycles. The third-order valence-electron chi connectivity index (χ3n) is 3.92. The lowest BCUT2D eigenvalue weighted by Gasteiger charge is -2.28. The molecule has 0 radical (unpaired) electrons. The van der Waals surface area contributed by atoms with E-state index in [1.54, 1.807) is 6.26 Å². The van der Waals surface area contributed by atoms with Crippen LogP contribution in [0, 0.1) is 11.8 Å². The van der Waals surface area contributed by atoms with Gasteiger partial charge < -0.3 is 10.4 Å². The fourth-order valence-corrected chi connectivity index (χ4v) is 3.22. The summed E-state index contributed by atoms with van der Waals surface area (Å²) in [6.07, 6.45) is 4.84. The molecule has 0 bridgehead atoms. The molecule has 0 aromatic heterocycles. The van der Waals surface area contributed by atoms with Gasteiger partial charge in [0.2, 0.25) is 11.8 Å². The van der Waals surface area contributed by atoms with Gasteiger partial charge in [-0.25, -0.2) is 5.48 Å². The van der Waals surface area contributed by atoms with Crippen molar-refractivity contribution in [2.75, 3.05) is 19.9 Å². The van der Waals surface area contributed by atoms with Crippen LogP contribution < -0.4 is 10.8 Å².